The Morgan fingerprint density at radius 2 is 0.633 bits per heavy atom. The highest BCUT2D eigenvalue weighted by Crippen LogP contribution is 2.38. The van der Waals surface area contributed by atoms with Crippen LogP contribution in [-0.2, 0) is 32.7 Å². The summed E-state index contributed by atoms with van der Waals surface area (Å²) in [5.41, 5.74) is 0. The number of phosphoric ester groups is 1. The van der Waals surface area contributed by atoms with Crippen LogP contribution in [0.2, 0.25) is 0 Å². The minimum Gasteiger partial charge on any atom is -0.756 e. The molecule has 0 spiro atoms. The number of unbranched alkanes of at least 4 members (excludes halogenated alkanes) is 37. The van der Waals surface area contributed by atoms with E-state index in [1.54, 1.807) is 0 Å². The first-order chi connectivity index (χ1) is 44.0. The molecule has 2 atom stereocenters. The van der Waals surface area contributed by atoms with Gasteiger partial charge in [-0.3, -0.25) is 14.2 Å². The Kier molecular flexibility index (Phi) is 67.4. The number of esters is 2. The van der Waals surface area contributed by atoms with E-state index in [1.807, 2.05) is 21.1 Å². The third-order valence-corrected chi connectivity index (χ3v) is 17.2. The Morgan fingerprint density at radius 1 is 0.356 bits per heavy atom. The summed E-state index contributed by atoms with van der Waals surface area (Å²) >= 11 is 0. The predicted molar refractivity (Wildman–Crippen MR) is 388 cm³/mol. The molecule has 0 aliphatic carbocycles. The van der Waals surface area contributed by atoms with Crippen LogP contribution in [0.4, 0.5) is 0 Å². The highest BCUT2D eigenvalue weighted by Gasteiger charge is 2.22. The van der Waals surface area contributed by atoms with Crippen LogP contribution in [0.1, 0.15) is 335 Å². The summed E-state index contributed by atoms with van der Waals surface area (Å²) in [5, 5.41) is 0. The third-order valence-electron chi connectivity index (χ3n) is 16.3. The van der Waals surface area contributed by atoms with Crippen LogP contribution < -0.4 is 4.89 Å². The number of hydrogen-bond acceptors (Lipinski definition) is 8. The van der Waals surface area contributed by atoms with Gasteiger partial charge < -0.3 is 27.9 Å². The largest absolute Gasteiger partial charge is 0.756 e. The van der Waals surface area contributed by atoms with Crippen LogP contribution >= 0.6 is 7.82 Å². The SMILES string of the molecule is CC/C=C\C/C=C\C/C=C\C/C=C\C/C=C\C/C=C\C/C=C\CCCCCCCCCCCCCCCC(=O)OC(COC(=O)CCCCCCCCCCCCCCCCCCCCC/C=C\C/C=C\CCCCCCC)COP(=O)([O-])OCC[N+](C)(C)C. The molecule has 2 unspecified atom stereocenters. The Labute approximate surface area is 556 Å². The van der Waals surface area contributed by atoms with E-state index in [0.717, 1.165) is 89.9 Å². The van der Waals surface area contributed by atoms with Crippen molar-refractivity contribution < 1.29 is 42.1 Å². The van der Waals surface area contributed by atoms with Crippen LogP contribution in [0.3, 0.4) is 0 Å². The van der Waals surface area contributed by atoms with Crippen LogP contribution in [0, 0.1) is 0 Å². The van der Waals surface area contributed by atoms with Crippen molar-refractivity contribution in [3.8, 4) is 0 Å². The molecule has 90 heavy (non-hydrogen) atoms. The maximum Gasteiger partial charge on any atom is 0.306 e. The minimum absolute atomic E-state index is 0.0334. The number of carbonyl (C=O) groups is 2. The monoisotopic (exact) mass is 1280 g/mol. The molecule has 0 aromatic rings. The maximum atomic E-state index is 12.9. The van der Waals surface area contributed by atoms with Gasteiger partial charge in [0.05, 0.1) is 27.7 Å². The van der Waals surface area contributed by atoms with Crippen molar-refractivity contribution in [2.75, 3.05) is 47.5 Å². The Hall–Kier alpha value is -3.33. The second kappa shape index (κ2) is 70.0. The van der Waals surface area contributed by atoms with E-state index in [4.69, 9.17) is 18.5 Å². The number of carbonyl (C=O) groups excluding carboxylic acids is 2. The summed E-state index contributed by atoms with van der Waals surface area (Å²) in [4.78, 5) is 38.1. The molecule has 9 nitrogen and oxygen atoms in total. The molecule has 0 aromatic heterocycles. The number of allylic oxidation sites excluding steroid dienone is 18. The normalized spacial score (nSPS) is 13.7. The van der Waals surface area contributed by atoms with E-state index in [-0.39, 0.29) is 32.0 Å². The van der Waals surface area contributed by atoms with Crippen molar-refractivity contribution in [1.29, 1.82) is 0 Å². The zero-order valence-corrected chi connectivity index (χ0v) is 60.2. The van der Waals surface area contributed by atoms with Crippen LogP contribution in [-0.4, -0.2) is 70.0 Å². The molecule has 0 amide bonds. The van der Waals surface area contributed by atoms with E-state index in [9.17, 15) is 19.0 Å². The summed E-state index contributed by atoms with van der Waals surface area (Å²) in [5.74, 6) is -0.825. The molecular formula is C80H142NO8P. The van der Waals surface area contributed by atoms with Gasteiger partial charge in [-0.2, -0.15) is 0 Å². The number of nitrogens with zero attached hydrogens (tertiary/aromatic N) is 1. The van der Waals surface area contributed by atoms with Crippen molar-refractivity contribution >= 4 is 19.8 Å². The van der Waals surface area contributed by atoms with Gasteiger partial charge >= 0.3 is 11.9 Å². The van der Waals surface area contributed by atoms with Crippen molar-refractivity contribution in [2.45, 2.75) is 341 Å². The first-order valence-corrected chi connectivity index (χ1v) is 39.1. The second-order valence-corrected chi connectivity index (χ2v) is 27.7. The fraction of sp³-hybridized carbons (Fsp3) is 0.750. The van der Waals surface area contributed by atoms with Crippen LogP contribution in [0.25, 0.3) is 0 Å². The molecular weight excluding hydrogens is 1130 g/mol. The van der Waals surface area contributed by atoms with E-state index in [0.29, 0.717) is 17.4 Å². The molecule has 0 fully saturated rings. The molecule has 0 saturated heterocycles. The molecule has 0 aliphatic heterocycles. The molecule has 0 heterocycles. The van der Waals surface area contributed by atoms with Gasteiger partial charge in [-0.15, -0.1) is 0 Å². The lowest BCUT2D eigenvalue weighted by Gasteiger charge is -2.28. The lowest BCUT2D eigenvalue weighted by Crippen LogP contribution is -2.37. The van der Waals surface area contributed by atoms with Crippen molar-refractivity contribution in [1.82, 2.24) is 0 Å². The summed E-state index contributed by atoms with van der Waals surface area (Å²) in [6.07, 6.45) is 99.0. The molecule has 0 aliphatic rings. The van der Waals surface area contributed by atoms with Gasteiger partial charge in [0.1, 0.15) is 19.8 Å². The number of rotatable bonds is 69. The molecule has 0 aromatic carbocycles. The number of quaternary nitrogens is 1. The number of ether oxygens (including phenoxy) is 2. The van der Waals surface area contributed by atoms with Crippen LogP contribution in [0.15, 0.2) is 109 Å². The Bertz CT molecular complexity index is 1890. The molecule has 520 valence electrons. The fourth-order valence-electron chi connectivity index (χ4n) is 10.6. The maximum absolute atomic E-state index is 12.9. The Morgan fingerprint density at radius 3 is 0.944 bits per heavy atom. The number of likely N-dealkylation sites (N-methyl/N-ethyl adjacent to an activating group) is 1. The van der Waals surface area contributed by atoms with Crippen LogP contribution in [0.5, 0.6) is 0 Å². The second-order valence-electron chi connectivity index (χ2n) is 26.3. The molecule has 0 radical (unpaired) electrons. The van der Waals surface area contributed by atoms with Gasteiger partial charge in [-0.1, -0.05) is 329 Å². The van der Waals surface area contributed by atoms with Crippen molar-refractivity contribution in [3.05, 3.63) is 109 Å². The summed E-state index contributed by atoms with van der Waals surface area (Å²) < 4.78 is 34.4. The minimum atomic E-state index is -4.65. The van der Waals surface area contributed by atoms with E-state index in [2.05, 4.69) is 123 Å². The van der Waals surface area contributed by atoms with Gasteiger partial charge in [0.15, 0.2) is 6.10 Å². The average molecular weight is 1280 g/mol. The summed E-state index contributed by atoms with van der Waals surface area (Å²) in [6, 6.07) is 0. The summed E-state index contributed by atoms with van der Waals surface area (Å²) in [6.45, 7) is 4.15. The lowest BCUT2D eigenvalue weighted by atomic mass is 10.0. The standard InChI is InChI=1S/C80H142NO8P/c1-6-8-10-12-14-16-18-20-22-24-26-28-30-32-34-36-38-39-40-41-43-45-47-49-51-53-55-57-59-61-63-65-67-69-71-73-80(83)89-78(77-88-90(84,85)87-75-74-81(3,4)5)76-86-79(82)72-70-68-66-64-62-60-58-56-54-52-50-48-46-44-42-37-35-33-31-29-27-25-23-21-19-17-15-13-11-9-7-2/h8,10,14,16,19-22,25-28,32,34,38-39,41,43,78H,6-7,9,11-13,15,17-18,23-24,29-31,33,35-37,40,42,44-77H2,1-5H3/b10-8-,16-14-,21-19-,22-20-,27-25-,28-26-,34-32-,39-38-,43-41-. The highest BCUT2D eigenvalue weighted by atomic mass is 31.2. The number of phosphoric acid groups is 1. The van der Waals surface area contributed by atoms with E-state index >= 15 is 0 Å². The molecule has 0 bridgehead atoms. The van der Waals surface area contributed by atoms with E-state index < -0.39 is 26.5 Å². The van der Waals surface area contributed by atoms with Gasteiger partial charge in [0.2, 0.25) is 0 Å². The van der Waals surface area contributed by atoms with Gasteiger partial charge in [-0.25, -0.2) is 0 Å². The zero-order valence-electron chi connectivity index (χ0n) is 59.3. The smallest absolute Gasteiger partial charge is 0.306 e. The topological polar surface area (TPSA) is 111 Å². The first kappa shape index (κ1) is 86.7. The zero-order chi connectivity index (χ0) is 65.5. The van der Waals surface area contributed by atoms with Gasteiger partial charge in [0.25, 0.3) is 7.82 Å². The highest BCUT2D eigenvalue weighted by molar-refractivity contribution is 7.45. The van der Waals surface area contributed by atoms with Gasteiger partial charge in [0, 0.05) is 12.8 Å². The lowest BCUT2D eigenvalue weighted by molar-refractivity contribution is -0.870. The third kappa shape index (κ3) is 73.7. The summed E-state index contributed by atoms with van der Waals surface area (Å²) in [7, 11) is 1.17. The average Bonchev–Trinajstić information content (AvgIpc) is 3.61. The van der Waals surface area contributed by atoms with E-state index in [1.165, 1.54) is 212 Å². The first-order valence-electron chi connectivity index (χ1n) is 37.6. The predicted octanol–water partition coefficient (Wildman–Crippen LogP) is 24.2. The van der Waals surface area contributed by atoms with Gasteiger partial charge in [-0.05, 0) is 103 Å². The molecule has 0 saturated carbocycles. The molecule has 10 heteroatoms. The molecule has 0 N–H and O–H groups in total. The van der Waals surface area contributed by atoms with Crippen molar-refractivity contribution in [2.24, 2.45) is 0 Å². The number of hydrogen-bond donors (Lipinski definition) is 0. The van der Waals surface area contributed by atoms with Crippen molar-refractivity contribution in [3.63, 3.8) is 0 Å². The quantitative estimate of drug-likeness (QED) is 0.0195. The Balaban J connectivity index is 4.02. The molecule has 0 rings (SSSR count). The fourth-order valence-corrected chi connectivity index (χ4v) is 11.3.